The van der Waals surface area contributed by atoms with Crippen LogP contribution in [0.2, 0.25) is 5.02 Å². The summed E-state index contributed by atoms with van der Waals surface area (Å²) >= 11 is 6.21. The highest BCUT2D eigenvalue weighted by Gasteiger charge is 2.33. The smallest absolute Gasteiger partial charge is 0.410 e. The molecule has 5 rings (SSSR count). The maximum absolute atomic E-state index is 16.0. The standard InChI is InChI=1S/C33H37ClFN5O4/c1-18(2)22-10-8-9-19(3)28(22)40-30-24(16-25(35)27(36-30)23-15-21(34)11-12-26(23)41)29(37-31(40)42)39-14-13-38(17-20(39)4)32(43)44-33(5,6)7/h8-12,15-16,18,20,41H,13-14,17H2,1-7H3/t20-/m0/s1. The summed E-state index contributed by atoms with van der Waals surface area (Å²) in [6.45, 7) is 14.3. The van der Waals surface area contributed by atoms with Crippen molar-refractivity contribution < 1.29 is 19.0 Å². The largest absolute Gasteiger partial charge is 0.507 e. The Morgan fingerprint density at radius 3 is 2.52 bits per heavy atom. The highest BCUT2D eigenvalue weighted by atomic mass is 35.5. The fourth-order valence-corrected chi connectivity index (χ4v) is 5.80. The molecule has 0 aliphatic carbocycles. The summed E-state index contributed by atoms with van der Waals surface area (Å²) in [6, 6.07) is 11.1. The minimum Gasteiger partial charge on any atom is -0.507 e. The van der Waals surface area contributed by atoms with Crippen LogP contribution in [-0.2, 0) is 4.74 Å². The monoisotopic (exact) mass is 621 g/mol. The molecule has 1 atom stereocenters. The number of hydrogen-bond acceptors (Lipinski definition) is 7. The number of hydrogen-bond donors (Lipinski definition) is 1. The van der Waals surface area contributed by atoms with Gasteiger partial charge in [0.15, 0.2) is 11.5 Å². The molecule has 0 radical (unpaired) electrons. The molecule has 2 aromatic heterocycles. The van der Waals surface area contributed by atoms with E-state index in [-0.39, 0.29) is 40.4 Å². The number of nitrogens with zero attached hydrogens (tertiary/aromatic N) is 5. The second kappa shape index (κ2) is 11.7. The Labute approximate surface area is 260 Å². The van der Waals surface area contributed by atoms with E-state index < -0.39 is 23.2 Å². The molecule has 3 heterocycles. The van der Waals surface area contributed by atoms with Crippen LogP contribution in [0.25, 0.3) is 28.0 Å². The number of amides is 1. The molecule has 1 aliphatic heterocycles. The summed E-state index contributed by atoms with van der Waals surface area (Å²) in [7, 11) is 0. The number of aryl methyl sites for hydroxylation is 1. The highest BCUT2D eigenvalue weighted by molar-refractivity contribution is 6.31. The first-order valence-electron chi connectivity index (χ1n) is 14.6. The Balaban J connectivity index is 1.73. The maximum Gasteiger partial charge on any atom is 0.410 e. The Kier molecular flexibility index (Phi) is 8.33. The Bertz CT molecular complexity index is 1820. The van der Waals surface area contributed by atoms with Gasteiger partial charge in [0.2, 0.25) is 0 Å². The number of ether oxygens (including phenoxy) is 1. The number of fused-ring (bicyclic) bond motifs is 1. The van der Waals surface area contributed by atoms with Gasteiger partial charge in [-0.3, -0.25) is 0 Å². The average Bonchev–Trinajstić information content (AvgIpc) is 2.93. The molecule has 44 heavy (non-hydrogen) atoms. The van der Waals surface area contributed by atoms with Crippen LogP contribution >= 0.6 is 11.6 Å². The fourth-order valence-electron chi connectivity index (χ4n) is 5.63. The summed E-state index contributed by atoms with van der Waals surface area (Å²) in [5, 5.41) is 11.2. The van der Waals surface area contributed by atoms with Crippen molar-refractivity contribution >= 4 is 34.5 Å². The lowest BCUT2D eigenvalue weighted by molar-refractivity contribution is 0.0218. The highest BCUT2D eigenvalue weighted by Crippen LogP contribution is 2.37. The molecule has 1 aliphatic rings. The summed E-state index contributed by atoms with van der Waals surface area (Å²) < 4.78 is 23.0. The van der Waals surface area contributed by atoms with Crippen LogP contribution in [0.15, 0.2) is 47.3 Å². The second-order valence-corrected chi connectivity index (χ2v) is 13.0. The third-order valence-electron chi connectivity index (χ3n) is 7.68. The van der Waals surface area contributed by atoms with Gasteiger partial charge in [0.25, 0.3) is 0 Å². The van der Waals surface area contributed by atoms with E-state index in [1.165, 1.54) is 28.8 Å². The minimum atomic E-state index is -0.711. The third kappa shape index (κ3) is 5.95. The van der Waals surface area contributed by atoms with Crippen molar-refractivity contribution in [2.45, 2.75) is 66.0 Å². The molecular weight excluding hydrogens is 585 g/mol. The topological polar surface area (TPSA) is 101 Å². The molecule has 0 saturated carbocycles. The summed E-state index contributed by atoms with van der Waals surface area (Å²) in [5.41, 5.74) is 1.28. The van der Waals surface area contributed by atoms with Crippen molar-refractivity contribution in [3.63, 3.8) is 0 Å². The van der Waals surface area contributed by atoms with E-state index >= 15 is 4.39 Å². The van der Waals surface area contributed by atoms with Gasteiger partial charge in [-0.1, -0.05) is 43.6 Å². The van der Waals surface area contributed by atoms with Crippen LogP contribution in [0, 0.1) is 12.7 Å². The van der Waals surface area contributed by atoms with Crippen molar-refractivity contribution in [3.05, 3.63) is 74.9 Å². The molecule has 4 aromatic rings. The van der Waals surface area contributed by atoms with Gasteiger partial charge in [-0.25, -0.2) is 23.5 Å². The molecule has 1 saturated heterocycles. The second-order valence-electron chi connectivity index (χ2n) is 12.5. The van der Waals surface area contributed by atoms with Gasteiger partial charge in [-0.05, 0) is 75.9 Å². The minimum absolute atomic E-state index is 0.0596. The summed E-state index contributed by atoms with van der Waals surface area (Å²) in [5.74, 6) is -0.582. The van der Waals surface area contributed by atoms with Gasteiger partial charge >= 0.3 is 11.8 Å². The lowest BCUT2D eigenvalue weighted by Gasteiger charge is -2.41. The van der Waals surface area contributed by atoms with E-state index in [2.05, 4.69) is 4.98 Å². The molecular formula is C33H37ClFN5O4. The first kappa shape index (κ1) is 31.3. The maximum atomic E-state index is 16.0. The number of pyridine rings is 1. The van der Waals surface area contributed by atoms with E-state index in [4.69, 9.17) is 21.3 Å². The predicted molar refractivity (Wildman–Crippen MR) is 171 cm³/mol. The number of aromatic hydroxyl groups is 1. The molecule has 1 fully saturated rings. The number of anilines is 1. The number of aromatic nitrogens is 3. The third-order valence-corrected chi connectivity index (χ3v) is 7.92. The lowest BCUT2D eigenvalue weighted by Crippen LogP contribution is -2.55. The number of phenolic OH excluding ortho intramolecular Hbond substituents is 1. The quantitative estimate of drug-likeness (QED) is 0.267. The molecule has 1 amide bonds. The number of benzene rings is 2. The molecule has 0 bridgehead atoms. The van der Waals surface area contributed by atoms with Crippen molar-refractivity contribution in [2.24, 2.45) is 0 Å². The van der Waals surface area contributed by atoms with Gasteiger partial charge in [-0.2, -0.15) is 4.98 Å². The van der Waals surface area contributed by atoms with Crippen molar-refractivity contribution in [3.8, 4) is 22.7 Å². The van der Waals surface area contributed by atoms with Crippen LogP contribution in [0.3, 0.4) is 0 Å². The molecule has 232 valence electrons. The molecule has 0 unspecified atom stereocenters. The van der Waals surface area contributed by atoms with Crippen LogP contribution in [0.1, 0.15) is 58.6 Å². The Hall–Kier alpha value is -4.18. The average molecular weight is 622 g/mol. The lowest BCUT2D eigenvalue weighted by atomic mass is 9.98. The van der Waals surface area contributed by atoms with E-state index in [0.717, 1.165) is 11.1 Å². The summed E-state index contributed by atoms with van der Waals surface area (Å²) in [6.07, 6.45) is -0.420. The molecule has 0 spiro atoms. The molecule has 1 N–H and O–H groups in total. The first-order valence-corrected chi connectivity index (χ1v) is 15.0. The van der Waals surface area contributed by atoms with Crippen LogP contribution < -0.4 is 10.6 Å². The molecule has 9 nitrogen and oxygen atoms in total. The zero-order chi connectivity index (χ0) is 32.1. The van der Waals surface area contributed by atoms with Gasteiger partial charge in [0.1, 0.15) is 22.9 Å². The fraction of sp³-hybridized carbons (Fsp3) is 0.394. The van der Waals surface area contributed by atoms with E-state index in [9.17, 15) is 14.7 Å². The van der Waals surface area contributed by atoms with E-state index in [0.29, 0.717) is 35.7 Å². The molecule has 11 heteroatoms. The Morgan fingerprint density at radius 1 is 1.14 bits per heavy atom. The predicted octanol–water partition coefficient (Wildman–Crippen LogP) is 6.82. The van der Waals surface area contributed by atoms with Crippen molar-refractivity contribution in [1.29, 1.82) is 0 Å². The number of piperazine rings is 1. The number of rotatable bonds is 4. The zero-order valence-electron chi connectivity index (χ0n) is 26.0. The van der Waals surface area contributed by atoms with Gasteiger partial charge in [0, 0.05) is 36.3 Å². The SMILES string of the molecule is Cc1cccc(C(C)C)c1-n1c(=O)nc(N2CCN(C(=O)OC(C)(C)C)C[C@@H]2C)c2cc(F)c(-c3cc(Cl)ccc3O)nc21. The van der Waals surface area contributed by atoms with Crippen molar-refractivity contribution in [2.75, 3.05) is 24.5 Å². The van der Waals surface area contributed by atoms with Crippen LogP contribution in [-0.4, -0.2) is 61.9 Å². The number of para-hydroxylation sites is 1. The van der Waals surface area contributed by atoms with E-state index in [1.807, 2.05) is 71.6 Å². The first-order chi connectivity index (χ1) is 20.7. The number of halogens is 2. The normalized spacial score (nSPS) is 15.7. The van der Waals surface area contributed by atoms with Crippen LogP contribution in [0.5, 0.6) is 5.75 Å². The van der Waals surface area contributed by atoms with Gasteiger partial charge in [-0.15, -0.1) is 0 Å². The van der Waals surface area contributed by atoms with Gasteiger partial charge in [0.05, 0.1) is 11.1 Å². The van der Waals surface area contributed by atoms with Crippen molar-refractivity contribution in [1.82, 2.24) is 19.4 Å². The van der Waals surface area contributed by atoms with Gasteiger partial charge < -0.3 is 19.6 Å². The molecule has 2 aromatic carbocycles. The zero-order valence-corrected chi connectivity index (χ0v) is 26.7. The number of carbonyl (C=O) groups excluding carboxylic acids is 1. The number of phenols is 1. The Morgan fingerprint density at radius 2 is 1.86 bits per heavy atom. The van der Waals surface area contributed by atoms with Crippen LogP contribution in [0.4, 0.5) is 15.0 Å². The number of carbonyl (C=O) groups is 1. The van der Waals surface area contributed by atoms with E-state index in [1.54, 1.807) is 4.90 Å². The summed E-state index contributed by atoms with van der Waals surface area (Å²) in [4.78, 5) is 39.6.